The van der Waals surface area contributed by atoms with Crippen molar-refractivity contribution in [3.05, 3.63) is 12.2 Å². The standard InChI is InChI=1S/C36H71NO4/c1-3-5-7-9-11-13-15-17-19-21-23-25-27-29-31-35(40)36(41)37-33(32-38)34(39)30-28-26-24-22-20-18-16-14-12-10-8-6-4-2/h29,31,33-35,38-40H,3-28,30,32H2,1-2H3,(H,37,41)/b31-29+/t33-,34+,35?/m0/s1. The van der Waals surface area contributed by atoms with E-state index in [1.165, 1.54) is 147 Å². The van der Waals surface area contributed by atoms with Crippen molar-refractivity contribution in [1.29, 1.82) is 0 Å². The van der Waals surface area contributed by atoms with Gasteiger partial charge in [0.05, 0.1) is 18.8 Å². The molecule has 1 unspecified atom stereocenters. The van der Waals surface area contributed by atoms with Crippen molar-refractivity contribution >= 4 is 5.91 Å². The highest BCUT2D eigenvalue weighted by Gasteiger charge is 2.22. The third-order valence-corrected chi connectivity index (χ3v) is 8.40. The number of nitrogens with one attached hydrogen (secondary N) is 1. The zero-order valence-electron chi connectivity index (χ0n) is 27.4. The smallest absolute Gasteiger partial charge is 0.253 e. The van der Waals surface area contributed by atoms with Gasteiger partial charge in [-0.15, -0.1) is 0 Å². The van der Waals surface area contributed by atoms with Crippen LogP contribution >= 0.6 is 0 Å². The fourth-order valence-corrected chi connectivity index (χ4v) is 5.52. The molecule has 3 atom stereocenters. The van der Waals surface area contributed by atoms with E-state index >= 15 is 0 Å². The van der Waals surface area contributed by atoms with Gasteiger partial charge in [-0.05, 0) is 19.3 Å². The highest BCUT2D eigenvalue weighted by Crippen LogP contribution is 2.15. The Morgan fingerprint density at radius 1 is 0.585 bits per heavy atom. The second-order valence-corrected chi connectivity index (χ2v) is 12.4. The number of amides is 1. The van der Waals surface area contributed by atoms with E-state index in [0.29, 0.717) is 6.42 Å². The van der Waals surface area contributed by atoms with Crippen molar-refractivity contribution in [2.75, 3.05) is 6.61 Å². The van der Waals surface area contributed by atoms with E-state index in [-0.39, 0.29) is 6.61 Å². The third kappa shape index (κ3) is 27.7. The Kier molecular flexibility index (Phi) is 31.3. The SMILES string of the molecule is CCCCCCCCCCCCCC/C=C/C(O)C(=O)N[C@@H](CO)[C@H](O)CCCCCCCCCCCCCCC. The molecule has 0 saturated carbocycles. The molecule has 0 spiro atoms. The van der Waals surface area contributed by atoms with Crippen LogP contribution in [0.1, 0.15) is 187 Å². The Hall–Kier alpha value is -0.910. The maximum Gasteiger partial charge on any atom is 0.253 e. The van der Waals surface area contributed by atoms with Crippen LogP contribution in [0.2, 0.25) is 0 Å². The van der Waals surface area contributed by atoms with E-state index in [2.05, 4.69) is 19.2 Å². The number of hydrogen-bond donors (Lipinski definition) is 4. The van der Waals surface area contributed by atoms with Crippen LogP contribution in [0.4, 0.5) is 0 Å². The Balaban J connectivity index is 3.74. The second kappa shape index (κ2) is 32.0. The minimum absolute atomic E-state index is 0.333. The second-order valence-electron chi connectivity index (χ2n) is 12.4. The third-order valence-electron chi connectivity index (χ3n) is 8.40. The summed E-state index contributed by atoms with van der Waals surface area (Å²) in [5.74, 6) is -0.556. The summed E-state index contributed by atoms with van der Waals surface area (Å²) in [6.45, 7) is 4.19. The molecule has 0 aliphatic heterocycles. The first-order valence-corrected chi connectivity index (χ1v) is 18.0. The number of unbranched alkanes of at least 4 members (excludes halogenated alkanes) is 24. The maximum atomic E-state index is 12.3. The molecular weight excluding hydrogens is 510 g/mol. The predicted molar refractivity (Wildman–Crippen MR) is 176 cm³/mol. The summed E-state index contributed by atoms with van der Waals surface area (Å²) in [4.78, 5) is 12.3. The first kappa shape index (κ1) is 40.1. The Morgan fingerprint density at radius 2 is 0.951 bits per heavy atom. The molecule has 0 aromatic rings. The van der Waals surface area contributed by atoms with Crippen LogP contribution in [0.3, 0.4) is 0 Å². The summed E-state index contributed by atoms with van der Waals surface area (Å²) < 4.78 is 0. The number of carbonyl (C=O) groups excluding carboxylic acids is 1. The van der Waals surface area contributed by atoms with Crippen molar-refractivity contribution in [3.63, 3.8) is 0 Å². The average molecular weight is 582 g/mol. The van der Waals surface area contributed by atoms with E-state index in [9.17, 15) is 20.1 Å². The molecule has 0 fully saturated rings. The number of allylic oxidation sites excluding steroid dienone is 1. The summed E-state index contributed by atoms with van der Waals surface area (Å²) in [6.07, 6.45) is 35.0. The lowest BCUT2D eigenvalue weighted by Crippen LogP contribution is -2.49. The molecule has 0 aliphatic carbocycles. The molecule has 0 radical (unpaired) electrons. The van der Waals surface area contributed by atoms with E-state index < -0.39 is 24.2 Å². The van der Waals surface area contributed by atoms with E-state index in [4.69, 9.17) is 0 Å². The molecular formula is C36H71NO4. The van der Waals surface area contributed by atoms with Crippen molar-refractivity contribution in [2.45, 2.75) is 205 Å². The lowest BCUT2D eigenvalue weighted by molar-refractivity contribution is -0.129. The quantitative estimate of drug-likeness (QED) is 0.0471. The Morgan fingerprint density at radius 3 is 1.34 bits per heavy atom. The molecule has 5 nitrogen and oxygen atoms in total. The summed E-state index contributed by atoms with van der Waals surface area (Å²) >= 11 is 0. The number of rotatable bonds is 32. The van der Waals surface area contributed by atoms with Gasteiger partial charge in [0.2, 0.25) is 0 Å². The van der Waals surface area contributed by atoms with Gasteiger partial charge in [-0.25, -0.2) is 0 Å². The molecule has 0 heterocycles. The molecule has 0 saturated heterocycles. The largest absolute Gasteiger partial charge is 0.394 e. The topological polar surface area (TPSA) is 89.8 Å². The monoisotopic (exact) mass is 582 g/mol. The van der Waals surface area contributed by atoms with Crippen molar-refractivity contribution in [2.24, 2.45) is 0 Å². The minimum Gasteiger partial charge on any atom is -0.394 e. The van der Waals surface area contributed by atoms with Crippen LogP contribution in [0.15, 0.2) is 12.2 Å². The highest BCUT2D eigenvalue weighted by molar-refractivity contribution is 5.82. The van der Waals surface area contributed by atoms with Gasteiger partial charge in [0.1, 0.15) is 0 Å². The van der Waals surface area contributed by atoms with E-state index in [1.54, 1.807) is 0 Å². The molecule has 4 N–H and O–H groups in total. The van der Waals surface area contributed by atoms with Gasteiger partial charge in [-0.2, -0.15) is 0 Å². The number of carbonyl (C=O) groups is 1. The van der Waals surface area contributed by atoms with Gasteiger partial charge >= 0.3 is 0 Å². The van der Waals surface area contributed by atoms with Gasteiger partial charge < -0.3 is 20.6 Å². The first-order valence-electron chi connectivity index (χ1n) is 18.0. The first-order chi connectivity index (χ1) is 20.1. The van der Waals surface area contributed by atoms with Crippen molar-refractivity contribution < 1.29 is 20.1 Å². The van der Waals surface area contributed by atoms with Crippen LogP contribution in [0.25, 0.3) is 0 Å². The van der Waals surface area contributed by atoms with Crippen LogP contribution in [-0.2, 0) is 4.79 Å². The molecule has 0 aliphatic rings. The average Bonchev–Trinajstić information content (AvgIpc) is 2.98. The molecule has 244 valence electrons. The highest BCUT2D eigenvalue weighted by atomic mass is 16.3. The number of aliphatic hydroxyl groups excluding tert-OH is 3. The van der Waals surface area contributed by atoms with Crippen molar-refractivity contribution in [1.82, 2.24) is 5.32 Å². The molecule has 5 heteroatoms. The molecule has 0 aromatic carbocycles. The predicted octanol–water partition coefficient (Wildman–Crippen LogP) is 9.31. The fraction of sp³-hybridized carbons (Fsp3) is 0.917. The Labute approximate surface area is 255 Å². The van der Waals surface area contributed by atoms with Gasteiger partial charge in [-0.3, -0.25) is 4.79 Å². The maximum absolute atomic E-state index is 12.3. The number of aliphatic hydroxyl groups is 3. The summed E-state index contributed by atoms with van der Waals surface area (Å²) in [5, 5.41) is 32.9. The normalized spacial score (nSPS) is 14.0. The van der Waals surface area contributed by atoms with Crippen LogP contribution < -0.4 is 5.32 Å². The molecule has 0 rings (SSSR count). The van der Waals surface area contributed by atoms with E-state index in [1.807, 2.05) is 6.08 Å². The zero-order chi connectivity index (χ0) is 30.2. The van der Waals surface area contributed by atoms with Gasteiger partial charge in [0, 0.05) is 0 Å². The van der Waals surface area contributed by atoms with Gasteiger partial charge in [0.15, 0.2) is 6.10 Å². The van der Waals surface area contributed by atoms with Gasteiger partial charge in [-0.1, -0.05) is 180 Å². The van der Waals surface area contributed by atoms with Crippen LogP contribution in [-0.4, -0.2) is 46.1 Å². The summed E-state index contributed by atoms with van der Waals surface area (Å²) in [5.41, 5.74) is 0. The molecule has 0 bridgehead atoms. The zero-order valence-corrected chi connectivity index (χ0v) is 27.4. The summed E-state index contributed by atoms with van der Waals surface area (Å²) in [6, 6.07) is -0.737. The molecule has 1 amide bonds. The minimum atomic E-state index is -1.25. The lowest BCUT2D eigenvalue weighted by Gasteiger charge is -2.23. The Bertz CT molecular complexity index is 568. The van der Waals surface area contributed by atoms with Crippen molar-refractivity contribution in [3.8, 4) is 0 Å². The lowest BCUT2D eigenvalue weighted by atomic mass is 10.0. The molecule has 41 heavy (non-hydrogen) atoms. The van der Waals surface area contributed by atoms with Gasteiger partial charge in [0.25, 0.3) is 5.91 Å². The number of hydrogen-bond acceptors (Lipinski definition) is 4. The van der Waals surface area contributed by atoms with E-state index in [0.717, 1.165) is 25.7 Å². The molecule has 0 aromatic heterocycles. The van der Waals surface area contributed by atoms with Crippen LogP contribution in [0.5, 0.6) is 0 Å². The summed E-state index contributed by atoms with van der Waals surface area (Å²) in [7, 11) is 0. The van der Waals surface area contributed by atoms with Crippen LogP contribution in [0, 0.1) is 0 Å². The fourth-order valence-electron chi connectivity index (χ4n) is 5.52.